The van der Waals surface area contributed by atoms with Crippen LogP contribution < -0.4 is 15.4 Å². The second kappa shape index (κ2) is 9.72. The fourth-order valence-corrected chi connectivity index (χ4v) is 3.75. The van der Waals surface area contributed by atoms with Crippen molar-refractivity contribution in [3.63, 3.8) is 0 Å². The Morgan fingerprint density at radius 3 is 2.52 bits per heavy atom. The standard InChI is InChI=1S/C17H28N4O2S.HI/c1-4-17(9-6-10-17)13-21-16(18-2)20-12-14-7-5-8-15(11-14)24(22,23)19-3;/h5,7-8,11,19H,4,6,9-10,12-13H2,1-3H3,(H2,18,20,21);1H. The lowest BCUT2D eigenvalue weighted by Gasteiger charge is -2.41. The Labute approximate surface area is 168 Å². The van der Waals surface area contributed by atoms with Gasteiger partial charge in [0.05, 0.1) is 4.90 Å². The predicted octanol–water partition coefficient (Wildman–Crippen LogP) is 2.46. The van der Waals surface area contributed by atoms with Crippen molar-refractivity contribution >= 4 is 40.0 Å². The van der Waals surface area contributed by atoms with Crippen LogP contribution in [0.4, 0.5) is 0 Å². The summed E-state index contributed by atoms with van der Waals surface area (Å²) in [5, 5.41) is 6.65. The summed E-state index contributed by atoms with van der Waals surface area (Å²) in [6.07, 6.45) is 5.05. The third kappa shape index (κ3) is 5.82. The maximum Gasteiger partial charge on any atom is 0.240 e. The van der Waals surface area contributed by atoms with E-state index in [2.05, 4.69) is 27.3 Å². The van der Waals surface area contributed by atoms with Crippen LogP contribution in [-0.2, 0) is 16.6 Å². The molecule has 1 fully saturated rings. The van der Waals surface area contributed by atoms with E-state index < -0.39 is 10.0 Å². The second-order valence-electron chi connectivity index (χ2n) is 6.34. The van der Waals surface area contributed by atoms with Crippen molar-refractivity contribution < 1.29 is 8.42 Å². The van der Waals surface area contributed by atoms with Gasteiger partial charge in [0.25, 0.3) is 0 Å². The van der Waals surface area contributed by atoms with Crippen LogP contribution in [0.2, 0.25) is 0 Å². The Hall–Kier alpha value is -0.870. The number of guanidine groups is 1. The fourth-order valence-electron chi connectivity index (χ4n) is 2.95. The predicted molar refractivity (Wildman–Crippen MR) is 113 cm³/mol. The van der Waals surface area contributed by atoms with E-state index in [1.165, 1.54) is 32.7 Å². The van der Waals surface area contributed by atoms with Crippen molar-refractivity contribution in [1.29, 1.82) is 0 Å². The Morgan fingerprint density at radius 2 is 2.00 bits per heavy atom. The minimum Gasteiger partial charge on any atom is -0.356 e. The first kappa shape index (κ1) is 22.2. The van der Waals surface area contributed by atoms with E-state index in [4.69, 9.17) is 0 Å². The zero-order valence-corrected chi connectivity index (χ0v) is 18.3. The lowest BCUT2D eigenvalue weighted by molar-refractivity contribution is 0.131. The lowest BCUT2D eigenvalue weighted by Crippen LogP contribution is -2.46. The molecule has 142 valence electrons. The SMILES string of the molecule is CCC1(CNC(=NC)NCc2cccc(S(=O)(=O)NC)c2)CCC1.I. The Kier molecular flexibility index (Phi) is 8.62. The van der Waals surface area contributed by atoms with Gasteiger partial charge in [-0.3, -0.25) is 4.99 Å². The fraction of sp³-hybridized carbons (Fsp3) is 0.588. The summed E-state index contributed by atoms with van der Waals surface area (Å²) in [6.45, 7) is 3.69. The quantitative estimate of drug-likeness (QED) is 0.318. The van der Waals surface area contributed by atoms with Crippen molar-refractivity contribution in [2.24, 2.45) is 10.4 Å². The molecule has 1 aromatic rings. The maximum atomic E-state index is 11.9. The van der Waals surface area contributed by atoms with Gasteiger partial charge in [0.2, 0.25) is 10.0 Å². The molecule has 0 atom stereocenters. The first-order valence-corrected chi connectivity index (χ1v) is 9.90. The highest BCUT2D eigenvalue weighted by Crippen LogP contribution is 2.42. The molecule has 0 heterocycles. The van der Waals surface area contributed by atoms with E-state index >= 15 is 0 Å². The molecule has 0 spiro atoms. The molecule has 0 aromatic heterocycles. The highest BCUT2D eigenvalue weighted by molar-refractivity contribution is 14.0. The number of aliphatic imine (C=N–C) groups is 1. The molecule has 1 saturated carbocycles. The number of hydrogen-bond donors (Lipinski definition) is 3. The van der Waals surface area contributed by atoms with Gasteiger partial charge in [0.15, 0.2) is 5.96 Å². The monoisotopic (exact) mass is 480 g/mol. The minimum atomic E-state index is -3.42. The van der Waals surface area contributed by atoms with Gasteiger partial charge in [-0.1, -0.05) is 25.5 Å². The summed E-state index contributed by atoms with van der Waals surface area (Å²) in [6, 6.07) is 6.90. The first-order chi connectivity index (χ1) is 11.4. The molecule has 1 aromatic carbocycles. The molecule has 1 aliphatic rings. The number of sulfonamides is 1. The average Bonchev–Trinajstić information content (AvgIpc) is 2.57. The first-order valence-electron chi connectivity index (χ1n) is 8.42. The summed E-state index contributed by atoms with van der Waals surface area (Å²) in [7, 11) is -0.258. The van der Waals surface area contributed by atoms with Crippen molar-refractivity contribution in [2.45, 2.75) is 44.0 Å². The van der Waals surface area contributed by atoms with Crippen LogP contribution in [0.15, 0.2) is 34.2 Å². The van der Waals surface area contributed by atoms with E-state index in [9.17, 15) is 8.42 Å². The Bertz CT molecular complexity index is 682. The third-order valence-corrected chi connectivity index (χ3v) is 6.37. The molecular weight excluding hydrogens is 451 g/mol. The van der Waals surface area contributed by atoms with Crippen LogP contribution in [0.25, 0.3) is 0 Å². The van der Waals surface area contributed by atoms with Gasteiger partial charge in [-0.25, -0.2) is 13.1 Å². The highest BCUT2D eigenvalue weighted by atomic mass is 127. The zero-order valence-electron chi connectivity index (χ0n) is 15.1. The summed E-state index contributed by atoms with van der Waals surface area (Å²) in [5.41, 5.74) is 1.31. The number of nitrogens with zero attached hydrogens (tertiary/aromatic N) is 1. The minimum absolute atomic E-state index is 0. The molecule has 0 radical (unpaired) electrons. The van der Waals surface area contributed by atoms with Gasteiger partial charge in [-0.05, 0) is 49.4 Å². The largest absolute Gasteiger partial charge is 0.356 e. The van der Waals surface area contributed by atoms with Crippen LogP contribution in [0.5, 0.6) is 0 Å². The molecule has 8 heteroatoms. The topological polar surface area (TPSA) is 82.6 Å². The van der Waals surface area contributed by atoms with E-state index in [0.29, 0.717) is 12.0 Å². The van der Waals surface area contributed by atoms with Crippen LogP contribution >= 0.6 is 24.0 Å². The molecule has 2 rings (SSSR count). The average molecular weight is 480 g/mol. The van der Waals surface area contributed by atoms with E-state index in [1.807, 2.05) is 6.07 Å². The lowest BCUT2D eigenvalue weighted by atomic mass is 9.67. The van der Waals surface area contributed by atoms with Crippen molar-refractivity contribution in [1.82, 2.24) is 15.4 Å². The smallest absolute Gasteiger partial charge is 0.240 e. The number of hydrogen-bond acceptors (Lipinski definition) is 3. The van der Waals surface area contributed by atoms with Crippen LogP contribution in [0.3, 0.4) is 0 Å². The van der Waals surface area contributed by atoms with Gasteiger partial charge in [-0.15, -0.1) is 24.0 Å². The number of benzene rings is 1. The zero-order chi connectivity index (χ0) is 17.6. The Morgan fingerprint density at radius 1 is 1.28 bits per heavy atom. The maximum absolute atomic E-state index is 11.9. The normalized spacial score (nSPS) is 16.5. The molecule has 0 aliphatic heterocycles. The summed E-state index contributed by atoms with van der Waals surface area (Å²) < 4.78 is 26.1. The summed E-state index contributed by atoms with van der Waals surface area (Å²) in [5.74, 6) is 0.747. The van der Waals surface area contributed by atoms with E-state index in [1.54, 1.807) is 25.2 Å². The molecule has 0 unspecified atom stereocenters. The highest BCUT2D eigenvalue weighted by Gasteiger charge is 2.34. The van der Waals surface area contributed by atoms with Gasteiger partial charge in [0.1, 0.15) is 0 Å². The van der Waals surface area contributed by atoms with Crippen molar-refractivity contribution in [2.75, 3.05) is 20.6 Å². The Balaban J connectivity index is 0.00000312. The number of rotatable bonds is 7. The summed E-state index contributed by atoms with van der Waals surface area (Å²) in [4.78, 5) is 4.52. The molecule has 0 amide bonds. The molecule has 0 bridgehead atoms. The molecular formula is C17H29IN4O2S. The molecule has 25 heavy (non-hydrogen) atoms. The van der Waals surface area contributed by atoms with E-state index in [-0.39, 0.29) is 28.9 Å². The van der Waals surface area contributed by atoms with Crippen LogP contribution in [0, 0.1) is 5.41 Å². The summed E-state index contributed by atoms with van der Waals surface area (Å²) >= 11 is 0. The molecule has 1 aliphatic carbocycles. The van der Waals surface area contributed by atoms with Crippen molar-refractivity contribution in [3.8, 4) is 0 Å². The number of nitrogens with one attached hydrogen (secondary N) is 3. The van der Waals surface area contributed by atoms with Gasteiger partial charge < -0.3 is 10.6 Å². The molecule has 6 nitrogen and oxygen atoms in total. The van der Waals surface area contributed by atoms with Gasteiger partial charge >= 0.3 is 0 Å². The molecule has 3 N–H and O–H groups in total. The van der Waals surface area contributed by atoms with E-state index in [0.717, 1.165) is 18.1 Å². The van der Waals surface area contributed by atoms with Crippen molar-refractivity contribution in [3.05, 3.63) is 29.8 Å². The number of halogens is 1. The van der Waals surface area contributed by atoms with Crippen LogP contribution in [0.1, 0.15) is 38.2 Å². The molecule has 0 saturated heterocycles. The second-order valence-corrected chi connectivity index (χ2v) is 8.23. The van der Waals surface area contributed by atoms with Gasteiger partial charge in [0, 0.05) is 20.1 Å². The third-order valence-electron chi connectivity index (χ3n) is 4.96. The van der Waals surface area contributed by atoms with Gasteiger partial charge in [-0.2, -0.15) is 0 Å². The van der Waals surface area contributed by atoms with Crippen LogP contribution in [-0.4, -0.2) is 35.0 Å².